The van der Waals surface area contributed by atoms with Crippen molar-refractivity contribution in [2.24, 2.45) is 0 Å². The predicted octanol–water partition coefficient (Wildman–Crippen LogP) is 2.31. The summed E-state index contributed by atoms with van der Waals surface area (Å²) in [5, 5.41) is 11.5. The van der Waals surface area contributed by atoms with Crippen molar-refractivity contribution >= 4 is 29.2 Å². The Balaban J connectivity index is 2.03. The van der Waals surface area contributed by atoms with Gasteiger partial charge >= 0.3 is 5.97 Å². The lowest BCUT2D eigenvalue weighted by Crippen LogP contribution is -2.39. The van der Waals surface area contributed by atoms with E-state index < -0.39 is 18.2 Å². The van der Waals surface area contributed by atoms with Crippen LogP contribution in [0.4, 0.5) is 5.69 Å². The smallest absolute Gasteiger partial charge is 0.341 e. The first kappa shape index (κ1) is 15.6. The minimum Gasteiger partial charge on any atom is -0.480 e. The van der Waals surface area contributed by atoms with E-state index in [1.165, 1.54) is 12.1 Å². The molecule has 1 unspecified atom stereocenters. The van der Waals surface area contributed by atoms with Crippen LogP contribution in [0.25, 0.3) is 0 Å². The summed E-state index contributed by atoms with van der Waals surface area (Å²) in [6.07, 6.45) is 1.53. The topological polar surface area (TPSA) is 84.9 Å². The maximum atomic E-state index is 12.2. The predicted molar refractivity (Wildman–Crippen MR) is 76.8 cm³/mol. The normalized spacial score (nSPS) is 21.0. The third kappa shape index (κ3) is 3.86. The molecule has 1 aliphatic heterocycles. The summed E-state index contributed by atoms with van der Waals surface area (Å²) < 4.78 is 10.5. The van der Waals surface area contributed by atoms with E-state index in [4.69, 9.17) is 26.2 Å². The van der Waals surface area contributed by atoms with E-state index in [1.54, 1.807) is 13.0 Å². The maximum Gasteiger partial charge on any atom is 0.341 e. The van der Waals surface area contributed by atoms with Crippen LogP contribution >= 0.6 is 11.6 Å². The van der Waals surface area contributed by atoms with Crippen molar-refractivity contribution in [1.29, 1.82) is 0 Å². The number of carboxylic acids is 1. The second-order valence-electron chi connectivity index (χ2n) is 4.96. The van der Waals surface area contributed by atoms with E-state index in [2.05, 4.69) is 5.32 Å². The van der Waals surface area contributed by atoms with Crippen LogP contribution < -0.4 is 10.1 Å². The summed E-state index contributed by atoms with van der Waals surface area (Å²) in [7, 11) is 0. The summed E-state index contributed by atoms with van der Waals surface area (Å²) in [6, 6.07) is 4.62. The Morgan fingerprint density at radius 3 is 2.86 bits per heavy atom. The molecule has 2 rings (SSSR count). The summed E-state index contributed by atoms with van der Waals surface area (Å²) in [5.41, 5.74) is -0.310. The lowest BCUT2D eigenvalue weighted by molar-refractivity contribution is -0.139. The minimum atomic E-state index is -1.09. The van der Waals surface area contributed by atoms with Crippen molar-refractivity contribution in [2.75, 3.05) is 18.5 Å². The van der Waals surface area contributed by atoms with E-state index in [0.29, 0.717) is 18.7 Å². The summed E-state index contributed by atoms with van der Waals surface area (Å²) in [4.78, 5) is 22.6. The average Bonchev–Trinajstić information content (AvgIpc) is 2.86. The molecule has 2 N–H and O–H groups in total. The van der Waals surface area contributed by atoms with Crippen LogP contribution in [0.3, 0.4) is 0 Å². The molecule has 1 aromatic rings. The van der Waals surface area contributed by atoms with Gasteiger partial charge in [-0.3, -0.25) is 4.79 Å². The van der Waals surface area contributed by atoms with E-state index >= 15 is 0 Å². The quantitative estimate of drug-likeness (QED) is 0.871. The molecule has 0 aromatic heterocycles. The van der Waals surface area contributed by atoms with Gasteiger partial charge in [-0.25, -0.2) is 4.79 Å². The zero-order chi connectivity index (χ0) is 15.5. The Bertz CT molecular complexity index is 554. The van der Waals surface area contributed by atoms with Gasteiger partial charge < -0.3 is 19.9 Å². The third-order valence-corrected chi connectivity index (χ3v) is 3.54. The molecule has 1 aliphatic rings. The standard InChI is InChI=1S/C14H16ClNO5/c1-14(5-2-6-21-14)13(19)16-9-3-4-11(10(15)7-9)20-8-12(17)18/h3-4,7H,2,5-6,8H2,1H3,(H,16,19)(H,17,18). The molecular formula is C14H16ClNO5. The van der Waals surface area contributed by atoms with Crippen LogP contribution in [-0.2, 0) is 14.3 Å². The first-order valence-corrected chi connectivity index (χ1v) is 6.88. The fourth-order valence-electron chi connectivity index (χ4n) is 2.06. The first-order chi connectivity index (χ1) is 9.90. The van der Waals surface area contributed by atoms with Crippen LogP contribution in [0.2, 0.25) is 5.02 Å². The monoisotopic (exact) mass is 313 g/mol. The number of benzene rings is 1. The highest BCUT2D eigenvalue weighted by Gasteiger charge is 2.37. The van der Waals surface area contributed by atoms with E-state index in [1.807, 2.05) is 0 Å². The molecule has 1 aromatic carbocycles. The van der Waals surface area contributed by atoms with Crippen LogP contribution in [0.15, 0.2) is 18.2 Å². The number of rotatable bonds is 5. The van der Waals surface area contributed by atoms with Crippen LogP contribution in [0, 0.1) is 0 Å². The average molecular weight is 314 g/mol. The third-order valence-electron chi connectivity index (χ3n) is 3.24. The second-order valence-corrected chi connectivity index (χ2v) is 5.37. The molecule has 0 aliphatic carbocycles. The van der Waals surface area contributed by atoms with Gasteiger partial charge in [-0.05, 0) is 38.0 Å². The van der Waals surface area contributed by atoms with Gasteiger partial charge in [0.25, 0.3) is 5.91 Å². The zero-order valence-electron chi connectivity index (χ0n) is 11.5. The van der Waals surface area contributed by atoms with Gasteiger partial charge in [-0.2, -0.15) is 0 Å². The van der Waals surface area contributed by atoms with Crippen molar-refractivity contribution in [1.82, 2.24) is 0 Å². The summed E-state index contributed by atoms with van der Waals surface area (Å²) in [5.74, 6) is -1.06. The number of anilines is 1. The molecule has 0 spiro atoms. The lowest BCUT2D eigenvalue weighted by Gasteiger charge is -2.22. The van der Waals surface area contributed by atoms with E-state index in [0.717, 1.165) is 6.42 Å². The van der Waals surface area contributed by atoms with E-state index in [-0.39, 0.29) is 16.7 Å². The number of carbonyl (C=O) groups is 2. The molecule has 0 radical (unpaired) electrons. The van der Waals surface area contributed by atoms with Gasteiger partial charge in [0.15, 0.2) is 6.61 Å². The van der Waals surface area contributed by atoms with Gasteiger partial charge in [-0.1, -0.05) is 11.6 Å². The summed E-state index contributed by atoms with van der Waals surface area (Å²) in [6.45, 7) is 1.85. The zero-order valence-corrected chi connectivity index (χ0v) is 12.3. The number of ether oxygens (including phenoxy) is 2. The molecule has 21 heavy (non-hydrogen) atoms. The summed E-state index contributed by atoms with van der Waals surface area (Å²) >= 11 is 5.99. The Morgan fingerprint density at radius 1 is 1.52 bits per heavy atom. The highest BCUT2D eigenvalue weighted by Crippen LogP contribution is 2.30. The van der Waals surface area contributed by atoms with Crippen LogP contribution in [0.5, 0.6) is 5.75 Å². The number of amides is 1. The lowest BCUT2D eigenvalue weighted by atomic mass is 10.0. The largest absolute Gasteiger partial charge is 0.480 e. The minimum absolute atomic E-state index is 0.227. The Morgan fingerprint density at radius 2 is 2.29 bits per heavy atom. The molecule has 114 valence electrons. The Labute approximate surface area is 127 Å². The molecule has 6 nitrogen and oxygen atoms in total. The molecular weight excluding hydrogens is 298 g/mol. The SMILES string of the molecule is CC1(C(=O)Nc2ccc(OCC(=O)O)c(Cl)c2)CCCO1. The number of hydrogen-bond acceptors (Lipinski definition) is 4. The highest BCUT2D eigenvalue weighted by atomic mass is 35.5. The van der Waals surface area contributed by atoms with Crippen LogP contribution in [-0.4, -0.2) is 35.8 Å². The molecule has 0 saturated carbocycles. The number of carbonyl (C=O) groups excluding carboxylic acids is 1. The van der Waals surface area contributed by atoms with Gasteiger partial charge in [0.1, 0.15) is 11.4 Å². The number of aliphatic carboxylic acids is 1. The number of nitrogens with one attached hydrogen (secondary N) is 1. The van der Waals surface area contributed by atoms with Crippen molar-refractivity contribution < 1.29 is 24.2 Å². The fourth-order valence-corrected chi connectivity index (χ4v) is 2.29. The van der Waals surface area contributed by atoms with Gasteiger partial charge in [0, 0.05) is 12.3 Å². The molecule has 1 saturated heterocycles. The fraction of sp³-hybridized carbons (Fsp3) is 0.429. The molecule has 1 heterocycles. The first-order valence-electron chi connectivity index (χ1n) is 6.50. The second kappa shape index (κ2) is 6.32. The highest BCUT2D eigenvalue weighted by molar-refractivity contribution is 6.32. The molecule has 7 heteroatoms. The molecule has 1 atom stereocenters. The van der Waals surface area contributed by atoms with Crippen molar-refractivity contribution in [3.8, 4) is 5.75 Å². The van der Waals surface area contributed by atoms with Gasteiger partial charge in [0.05, 0.1) is 5.02 Å². The van der Waals surface area contributed by atoms with Crippen molar-refractivity contribution in [3.63, 3.8) is 0 Å². The Hall–Kier alpha value is -1.79. The Kier molecular flexibility index (Phi) is 4.69. The number of hydrogen-bond donors (Lipinski definition) is 2. The maximum absolute atomic E-state index is 12.2. The molecule has 0 bridgehead atoms. The van der Waals surface area contributed by atoms with Crippen LogP contribution in [0.1, 0.15) is 19.8 Å². The molecule has 1 fully saturated rings. The van der Waals surface area contributed by atoms with Gasteiger partial charge in [0.2, 0.25) is 0 Å². The molecule has 1 amide bonds. The van der Waals surface area contributed by atoms with Crippen molar-refractivity contribution in [2.45, 2.75) is 25.4 Å². The van der Waals surface area contributed by atoms with E-state index in [9.17, 15) is 9.59 Å². The number of halogens is 1. The number of carboxylic acid groups (broad SMARTS) is 1. The van der Waals surface area contributed by atoms with Crippen molar-refractivity contribution in [3.05, 3.63) is 23.2 Å². The van der Waals surface area contributed by atoms with Gasteiger partial charge in [-0.15, -0.1) is 0 Å².